The minimum Gasteiger partial charge on any atom is -0.481 e. The fourth-order valence-corrected chi connectivity index (χ4v) is 3.65. The minimum atomic E-state index is -3.25. The lowest BCUT2D eigenvalue weighted by Gasteiger charge is -2.32. The molecule has 1 aromatic carbocycles. The van der Waals surface area contributed by atoms with Crippen LogP contribution in [0, 0.1) is 5.92 Å². The first-order chi connectivity index (χ1) is 12.3. The largest absolute Gasteiger partial charge is 0.481 e. The maximum Gasteiger partial charge on any atom is 0.303 e. The first-order valence-corrected chi connectivity index (χ1v) is 10.5. The zero-order chi connectivity index (χ0) is 19.2. The normalized spacial score (nSPS) is 17.9. The van der Waals surface area contributed by atoms with Crippen molar-refractivity contribution in [2.75, 3.05) is 18.8 Å². The number of nitrogens with zero attached hydrogens (tertiary/aromatic N) is 1. The molecule has 1 heterocycles. The third-order valence-corrected chi connectivity index (χ3v) is 5.99. The number of rotatable bonds is 8. The van der Waals surface area contributed by atoms with E-state index in [1.807, 2.05) is 0 Å². The second-order valence-corrected chi connectivity index (χ2v) is 8.71. The van der Waals surface area contributed by atoms with Crippen molar-refractivity contribution < 1.29 is 23.1 Å². The van der Waals surface area contributed by atoms with Crippen LogP contribution >= 0.6 is 0 Å². The second kappa shape index (κ2) is 9.14. The number of amides is 1. The van der Waals surface area contributed by atoms with Crippen LogP contribution < -0.4 is 4.72 Å². The summed E-state index contributed by atoms with van der Waals surface area (Å²) in [5, 5.41) is 8.81. The highest BCUT2D eigenvalue weighted by Gasteiger charge is 2.24. The van der Waals surface area contributed by atoms with Crippen LogP contribution in [0.2, 0.25) is 0 Å². The number of carbonyl (C=O) groups excluding carboxylic acids is 1. The number of carboxylic acid groups (broad SMARTS) is 1. The van der Waals surface area contributed by atoms with E-state index >= 15 is 0 Å². The van der Waals surface area contributed by atoms with E-state index in [-0.39, 0.29) is 30.5 Å². The molecule has 144 valence electrons. The fourth-order valence-electron chi connectivity index (χ4n) is 3.06. The Labute approximate surface area is 154 Å². The van der Waals surface area contributed by atoms with Gasteiger partial charge in [0.1, 0.15) is 0 Å². The van der Waals surface area contributed by atoms with E-state index in [4.69, 9.17) is 5.11 Å². The van der Waals surface area contributed by atoms with Gasteiger partial charge in [-0.1, -0.05) is 12.1 Å². The Morgan fingerprint density at radius 2 is 1.96 bits per heavy atom. The summed E-state index contributed by atoms with van der Waals surface area (Å²) in [4.78, 5) is 25.2. The molecular formula is C18H26N2O5S. The Morgan fingerprint density at radius 3 is 2.58 bits per heavy atom. The number of benzene rings is 1. The highest BCUT2D eigenvalue weighted by atomic mass is 32.2. The third-order valence-electron chi connectivity index (χ3n) is 4.65. The van der Waals surface area contributed by atoms with Gasteiger partial charge >= 0.3 is 5.97 Å². The molecule has 1 atom stereocenters. The van der Waals surface area contributed by atoms with Gasteiger partial charge in [-0.25, -0.2) is 13.1 Å². The minimum absolute atomic E-state index is 0.0293. The number of aliphatic carboxylic acids is 1. The topological polar surface area (TPSA) is 104 Å². The Balaban J connectivity index is 1.93. The molecule has 1 fully saturated rings. The number of hydrogen-bond acceptors (Lipinski definition) is 4. The van der Waals surface area contributed by atoms with E-state index in [1.165, 1.54) is 0 Å². The second-order valence-electron chi connectivity index (χ2n) is 6.61. The first-order valence-electron chi connectivity index (χ1n) is 8.88. The molecule has 1 saturated heterocycles. The molecule has 7 nitrogen and oxygen atoms in total. The molecule has 26 heavy (non-hydrogen) atoms. The fraction of sp³-hybridized carbons (Fsp3) is 0.556. The lowest BCUT2D eigenvalue weighted by molar-refractivity contribution is -0.137. The molecule has 0 aliphatic carbocycles. The maximum atomic E-state index is 12.7. The molecule has 1 aliphatic rings. The van der Waals surface area contributed by atoms with Crippen molar-refractivity contribution in [3.63, 3.8) is 0 Å². The Hall–Kier alpha value is -1.93. The molecule has 1 unspecified atom stereocenters. The number of sulfonamides is 1. The average molecular weight is 382 g/mol. The average Bonchev–Trinajstić information content (AvgIpc) is 2.65. The van der Waals surface area contributed by atoms with Crippen LogP contribution in [-0.2, 0) is 21.4 Å². The van der Waals surface area contributed by atoms with Crippen LogP contribution in [0.5, 0.6) is 0 Å². The monoisotopic (exact) mass is 382 g/mol. The summed E-state index contributed by atoms with van der Waals surface area (Å²) < 4.78 is 25.4. The summed E-state index contributed by atoms with van der Waals surface area (Å²) in [6, 6.07) is 6.91. The van der Waals surface area contributed by atoms with E-state index < -0.39 is 16.0 Å². The third kappa shape index (κ3) is 6.10. The maximum absolute atomic E-state index is 12.7. The zero-order valence-electron chi connectivity index (χ0n) is 15.0. The van der Waals surface area contributed by atoms with Gasteiger partial charge in [-0.05, 0) is 49.8 Å². The summed E-state index contributed by atoms with van der Waals surface area (Å²) in [7, 11) is -3.25. The number of carboxylic acids is 1. The van der Waals surface area contributed by atoms with Crippen molar-refractivity contribution in [1.82, 2.24) is 9.62 Å². The molecule has 0 radical (unpaired) electrons. The van der Waals surface area contributed by atoms with Gasteiger partial charge in [0, 0.05) is 31.6 Å². The van der Waals surface area contributed by atoms with Crippen LogP contribution in [0.4, 0.5) is 0 Å². The van der Waals surface area contributed by atoms with E-state index in [2.05, 4.69) is 4.72 Å². The number of carbonyl (C=O) groups is 2. The van der Waals surface area contributed by atoms with Crippen molar-refractivity contribution in [3.8, 4) is 0 Å². The van der Waals surface area contributed by atoms with Crippen LogP contribution in [0.15, 0.2) is 24.3 Å². The molecule has 0 aromatic heterocycles. The van der Waals surface area contributed by atoms with Crippen LogP contribution in [-0.4, -0.2) is 49.1 Å². The highest BCUT2D eigenvalue weighted by molar-refractivity contribution is 7.89. The van der Waals surface area contributed by atoms with Gasteiger partial charge in [0.05, 0.1) is 5.75 Å². The molecular weight excluding hydrogens is 356 g/mol. The summed E-state index contributed by atoms with van der Waals surface area (Å²) in [5.41, 5.74) is 1.35. The van der Waals surface area contributed by atoms with E-state index in [0.717, 1.165) is 18.4 Å². The Kier molecular flexibility index (Phi) is 7.16. The van der Waals surface area contributed by atoms with Crippen molar-refractivity contribution >= 4 is 21.9 Å². The van der Waals surface area contributed by atoms with Crippen molar-refractivity contribution in [2.45, 2.75) is 39.2 Å². The Bertz CT molecular complexity index is 730. The lowest BCUT2D eigenvalue weighted by Crippen LogP contribution is -2.40. The first kappa shape index (κ1) is 20.4. The molecule has 0 spiro atoms. The van der Waals surface area contributed by atoms with Gasteiger partial charge in [-0.2, -0.15) is 0 Å². The van der Waals surface area contributed by atoms with Crippen molar-refractivity contribution in [3.05, 3.63) is 35.4 Å². The van der Waals surface area contributed by atoms with Gasteiger partial charge in [-0.15, -0.1) is 0 Å². The summed E-state index contributed by atoms with van der Waals surface area (Å²) in [6.45, 7) is 3.04. The van der Waals surface area contributed by atoms with Crippen LogP contribution in [0.3, 0.4) is 0 Å². The molecule has 2 N–H and O–H groups in total. The van der Waals surface area contributed by atoms with Gasteiger partial charge in [0.15, 0.2) is 0 Å². The molecule has 8 heteroatoms. The van der Waals surface area contributed by atoms with Gasteiger partial charge in [0.25, 0.3) is 5.91 Å². The number of nitrogens with one attached hydrogen (secondary N) is 1. The van der Waals surface area contributed by atoms with Crippen molar-refractivity contribution in [1.29, 1.82) is 0 Å². The molecule has 1 amide bonds. The summed E-state index contributed by atoms with van der Waals surface area (Å²) in [6.07, 6.45) is 2.56. The molecule has 0 bridgehead atoms. The lowest BCUT2D eigenvalue weighted by atomic mass is 9.93. The zero-order valence-corrected chi connectivity index (χ0v) is 15.8. The number of likely N-dealkylation sites (tertiary alicyclic amines) is 1. The van der Waals surface area contributed by atoms with Gasteiger partial charge in [0.2, 0.25) is 10.0 Å². The number of piperidine rings is 1. The van der Waals surface area contributed by atoms with E-state index in [1.54, 1.807) is 36.1 Å². The van der Waals surface area contributed by atoms with E-state index in [9.17, 15) is 18.0 Å². The highest BCUT2D eigenvalue weighted by Crippen LogP contribution is 2.22. The predicted octanol–water partition coefficient (Wildman–Crippen LogP) is 1.84. The van der Waals surface area contributed by atoms with Gasteiger partial charge in [-0.3, -0.25) is 9.59 Å². The molecule has 0 saturated carbocycles. The van der Waals surface area contributed by atoms with Crippen LogP contribution in [0.1, 0.15) is 48.5 Å². The smallest absolute Gasteiger partial charge is 0.303 e. The predicted molar refractivity (Wildman–Crippen MR) is 98.2 cm³/mol. The Morgan fingerprint density at radius 1 is 1.27 bits per heavy atom. The summed E-state index contributed by atoms with van der Waals surface area (Å²) in [5.74, 6) is -0.610. The van der Waals surface area contributed by atoms with Gasteiger partial charge < -0.3 is 10.0 Å². The molecule has 1 aromatic rings. The van der Waals surface area contributed by atoms with Crippen molar-refractivity contribution in [2.24, 2.45) is 5.92 Å². The van der Waals surface area contributed by atoms with Crippen LogP contribution in [0.25, 0.3) is 0 Å². The van der Waals surface area contributed by atoms with E-state index in [0.29, 0.717) is 25.1 Å². The SMILES string of the molecule is CCS(=O)(=O)NCc1ccc(C(=O)N2CCCC(CCC(=O)O)C2)cc1. The quantitative estimate of drug-likeness (QED) is 0.714. The molecule has 2 rings (SSSR count). The standard InChI is InChI=1S/C18H26N2O5S/c1-2-26(24,25)19-12-14-5-8-16(9-6-14)18(23)20-11-3-4-15(13-20)7-10-17(21)22/h5-6,8-9,15,19H,2-4,7,10-13H2,1H3,(H,21,22). The summed E-state index contributed by atoms with van der Waals surface area (Å²) >= 11 is 0. The number of hydrogen-bond donors (Lipinski definition) is 2. The molecule has 1 aliphatic heterocycles.